The monoisotopic (exact) mass is 374 g/mol. The summed E-state index contributed by atoms with van der Waals surface area (Å²) in [6, 6.07) is 8.28. The summed E-state index contributed by atoms with van der Waals surface area (Å²) in [7, 11) is 0. The van der Waals surface area contributed by atoms with Crippen molar-refractivity contribution in [2.24, 2.45) is 5.84 Å². The molecule has 0 amide bonds. The van der Waals surface area contributed by atoms with Gasteiger partial charge in [0.1, 0.15) is 0 Å². The molecule has 0 aliphatic heterocycles. The van der Waals surface area contributed by atoms with Crippen LogP contribution in [0.2, 0.25) is 0 Å². The van der Waals surface area contributed by atoms with E-state index in [0.29, 0.717) is 0 Å². The largest absolute Gasteiger partial charge is 0.271 e. The fourth-order valence-corrected chi connectivity index (χ4v) is 3.72. The Bertz CT molecular complexity index is 525. The number of aryl methyl sites for hydroxylation is 1. The highest BCUT2D eigenvalue weighted by Crippen LogP contribution is 2.32. The van der Waals surface area contributed by atoms with E-state index in [1.807, 2.05) is 12.1 Å². The Labute approximate surface area is 121 Å². The summed E-state index contributed by atoms with van der Waals surface area (Å²) < 4.78 is 2.09. The highest BCUT2D eigenvalue weighted by atomic mass is 79.9. The lowest BCUT2D eigenvalue weighted by Crippen LogP contribution is -2.28. The van der Waals surface area contributed by atoms with Gasteiger partial charge in [0.25, 0.3) is 0 Å². The van der Waals surface area contributed by atoms with E-state index < -0.39 is 0 Å². The minimum atomic E-state index is 0.0161. The van der Waals surface area contributed by atoms with Gasteiger partial charge in [-0.25, -0.2) is 5.43 Å². The fourth-order valence-electron chi connectivity index (χ4n) is 1.72. The van der Waals surface area contributed by atoms with E-state index in [1.165, 1.54) is 10.4 Å². The summed E-state index contributed by atoms with van der Waals surface area (Å²) in [5, 5.41) is 2.13. The minimum Gasteiger partial charge on any atom is -0.271 e. The smallest absolute Gasteiger partial charge is 0.0729 e. The summed E-state index contributed by atoms with van der Waals surface area (Å²) in [5.74, 6) is 5.68. The van der Waals surface area contributed by atoms with E-state index in [4.69, 9.17) is 5.84 Å². The maximum absolute atomic E-state index is 5.68. The first kappa shape index (κ1) is 13.2. The predicted molar refractivity (Wildman–Crippen MR) is 80.1 cm³/mol. The Morgan fingerprint density at radius 3 is 2.59 bits per heavy atom. The average Bonchev–Trinajstić information content (AvgIpc) is 2.69. The fraction of sp³-hybridized carbons (Fsp3) is 0.167. The molecule has 0 radical (unpaired) electrons. The van der Waals surface area contributed by atoms with Gasteiger partial charge in [-0.2, -0.15) is 0 Å². The van der Waals surface area contributed by atoms with Crippen LogP contribution >= 0.6 is 43.2 Å². The second-order valence-electron chi connectivity index (χ2n) is 3.76. The summed E-state index contributed by atoms with van der Waals surface area (Å²) >= 11 is 8.75. The lowest BCUT2D eigenvalue weighted by molar-refractivity contribution is 0.636. The van der Waals surface area contributed by atoms with Crippen LogP contribution in [0.1, 0.15) is 22.0 Å². The lowest BCUT2D eigenvalue weighted by Gasteiger charge is -2.17. The molecule has 2 aromatic rings. The van der Waals surface area contributed by atoms with E-state index in [9.17, 15) is 0 Å². The van der Waals surface area contributed by atoms with Gasteiger partial charge < -0.3 is 0 Å². The molecule has 1 unspecified atom stereocenters. The molecule has 0 spiro atoms. The number of nitrogens with one attached hydrogen (secondary N) is 1. The first-order chi connectivity index (χ1) is 8.11. The van der Waals surface area contributed by atoms with Gasteiger partial charge >= 0.3 is 0 Å². The zero-order chi connectivity index (χ0) is 12.4. The molecular formula is C12H12Br2N2S. The van der Waals surface area contributed by atoms with Gasteiger partial charge in [0.05, 0.1) is 6.04 Å². The standard InChI is InChI=1S/C12H12Br2N2S/c1-7-4-8(6-17-7)12(16-15)10-3-2-9(13)5-11(10)14/h2-6,12,16H,15H2,1H3. The van der Waals surface area contributed by atoms with Crippen molar-refractivity contribution in [3.63, 3.8) is 0 Å². The molecule has 0 aliphatic carbocycles. The van der Waals surface area contributed by atoms with Crippen LogP contribution in [0.3, 0.4) is 0 Å². The van der Waals surface area contributed by atoms with Crippen molar-refractivity contribution in [3.8, 4) is 0 Å². The molecule has 1 aromatic carbocycles. The van der Waals surface area contributed by atoms with Crippen LogP contribution in [0, 0.1) is 6.92 Å². The Balaban J connectivity index is 2.42. The highest BCUT2D eigenvalue weighted by molar-refractivity contribution is 9.11. The van der Waals surface area contributed by atoms with Gasteiger partial charge in [0.2, 0.25) is 0 Å². The molecule has 3 N–H and O–H groups in total. The van der Waals surface area contributed by atoms with Crippen molar-refractivity contribution in [2.75, 3.05) is 0 Å². The van der Waals surface area contributed by atoms with Crippen LogP contribution in [-0.4, -0.2) is 0 Å². The third kappa shape index (κ3) is 2.98. The molecule has 2 rings (SSSR count). The second-order valence-corrected chi connectivity index (χ2v) is 6.64. The predicted octanol–water partition coefficient (Wildman–Crippen LogP) is 4.13. The molecule has 90 valence electrons. The summed E-state index contributed by atoms with van der Waals surface area (Å²) in [4.78, 5) is 1.29. The zero-order valence-corrected chi connectivity index (χ0v) is 13.2. The molecule has 1 aromatic heterocycles. The second kappa shape index (κ2) is 5.63. The maximum atomic E-state index is 5.68. The van der Waals surface area contributed by atoms with Crippen molar-refractivity contribution >= 4 is 43.2 Å². The number of thiophene rings is 1. The summed E-state index contributed by atoms with van der Waals surface area (Å²) in [6.07, 6.45) is 0. The zero-order valence-electron chi connectivity index (χ0n) is 9.21. The quantitative estimate of drug-likeness (QED) is 0.625. The van der Waals surface area contributed by atoms with Crippen molar-refractivity contribution in [2.45, 2.75) is 13.0 Å². The first-order valence-corrected chi connectivity index (χ1v) is 7.54. The average molecular weight is 376 g/mol. The highest BCUT2D eigenvalue weighted by Gasteiger charge is 2.16. The molecule has 0 saturated heterocycles. The molecule has 1 atom stereocenters. The van der Waals surface area contributed by atoms with Gasteiger partial charge in [-0.05, 0) is 41.6 Å². The number of rotatable bonds is 3. The topological polar surface area (TPSA) is 38.0 Å². The molecule has 0 saturated carbocycles. The van der Waals surface area contributed by atoms with Crippen molar-refractivity contribution in [1.82, 2.24) is 5.43 Å². The van der Waals surface area contributed by atoms with E-state index in [1.54, 1.807) is 11.3 Å². The van der Waals surface area contributed by atoms with Crippen LogP contribution in [0.15, 0.2) is 38.6 Å². The van der Waals surface area contributed by atoms with Crippen LogP contribution in [0.25, 0.3) is 0 Å². The number of benzene rings is 1. The Morgan fingerprint density at radius 2 is 2.06 bits per heavy atom. The Hall–Kier alpha value is -0.200. The Kier molecular flexibility index (Phi) is 4.38. The van der Waals surface area contributed by atoms with Crippen molar-refractivity contribution in [3.05, 3.63) is 54.6 Å². The van der Waals surface area contributed by atoms with Crippen molar-refractivity contribution in [1.29, 1.82) is 0 Å². The molecule has 0 fully saturated rings. The molecule has 2 nitrogen and oxygen atoms in total. The molecule has 0 aliphatic rings. The molecule has 17 heavy (non-hydrogen) atoms. The number of hydrogen-bond donors (Lipinski definition) is 2. The molecule has 0 bridgehead atoms. The molecule has 5 heteroatoms. The van der Waals surface area contributed by atoms with Crippen LogP contribution in [0.5, 0.6) is 0 Å². The first-order valence-electron chi connectivity index (χ1n) is 5.08. The van der Waals surface area contributed by atoms with E-state index in [0.717, 1.165) is 14.5 Å². The van der Waals surface area contributed by atoms with Gasteiger partial charge in [0.15, 0.2) is 0 Å². The minimum absolute atomic E-state index is 0.0161. The number of nitrogens with two attached hydrogens (primary N) is 1. The van der Waals surface area contributed by atoms with E-state index in [2.05, 4.69) is 61.7 Å². The van der Waals surface area contributed by atoms with Gasteiger partial charge in [-0.15, -0.1) is 11.3 Å². The van der Waals surface area contributed by atoms with Crippen LogP contribution < -0.4 is 11.3 Å². The summed E-state index contributed by atoms with van der Waals surface area (Å²) in [5.41, 5.74) is 5.20. The third-order valence-corrected chi connectivity index (χ3v) is 4.58. The van der Waals surface area contributed by atoms with Gasteiger partial charge in [-0.3, -0.25) is 5.84 Å². The Morgan fingerprint density at radius 1 is 1.29 bits per heavy atom. The van der Waals surface area contributed by atoms with Crippen LogP contribution in [-0.2, 0) is 0 Å². The number of hydrogen-bond acceptors (Lipinski definition) is 3. The SMILES string of the molecule is Cc1cc(C(NN)c2ccc(Br)cc2Br)cs1. The van der Waals surface area contributed by atoms with Crippen molar-refractivity contribution < 1.29 is 0 Å². The molecular weight excluding hydrogens is 364 g/mol. The maximum Gasteiger partial charge on any atom is 0.0729 e. The lowest BCUT2D eigenvalue weighted by atomic mass is 10.0. The number of hydrazine groups is 1. The van der Waals surface area contributed by atoms with Gasteiger partial charge in [0, 0.05) is 13.8 Å². The van der Waals surface area contributed by atoms with Gasteiger partial charge in [-0.1, -0.05) is 37.9 Å². The number of halogens is 2. The third-order valence-electron chi connectivity index (χ3n) is 2.52. The van der Waals surface area contributed by atoms with E-state index in [-0.39, 0.29) is 6.04 Å². The van der Waals surface area contributed by atoms with E-state index >= 15 is 0 Å². The normalized spacial score (nSPS) is 12.7. The van der Waals surface area contributed by atoms with Crippen LogP contribution in [0.4, 0.5) is 0 Å². The molecule has 1 heterocycles. The summed E-state index contributed by atoms with van der Waals surface area (Å²) in [6.45, 7) is 2.10.